The SMILES string of the molecule is C[C@H]1CCCCN1[C@@H](c1cccc(F)c1)C1CCN(S(=O)(=O)C2CC2)CC1. The normalized spacial score (nSPS) is 27.6. The Balaban J connectivity index is 1.54. The zero-order chi connectivity index (χ0) is 19.0. The molecular weight excluding hydrogens is 363 g/mol. The van der Waals surface area contributed by atoms with Gasteiger partial charge in [-0.15, -0.1) is 0 Å². The Labute approximate surface area is 162 Å². The summed E-state index contributed by atoms with van der Waals surface area (Å²) < 4.78 is 40.8. The first-order valence-electron chi connectivity index (χ1n) is 10.5. The van der Waals surface area contributed by atoms with E-state index in [0.717, 1.165) is 37.8 Å². The van der Waals surface area contributed by atoms with Crippen LogP contribution in [0.25, 0.3) is 0 Å². The molecule has 6 heteroatoms. The molecule has 0 radical (unpaired) electrons. The topological polar surface area (TPSA) is 40.6 Å². The van der Waals surface area contributed by atoms with Crippen molar-refractivity contribution in [2.45, 2.75) is 69.2 Å². The van der Waals surface area contributed by atoms with Crippen LogP contribution in [0.4, 0.5) is 4.39 Å². The van der Waals surface area contributed by atoms with Crippen LogP contribution in [0, 0.1) is 11.7 Å². The van der Waals surface area contributed by atoms with E-state index in [4.69, 9.17) is 0 Å². The molecule has 2 aliphatic heterocycles. The maximum atomic E-state index is 14.0. The largest absolute Gasteiger partial charge is 0.293 e. The van der Waals surface area contributed by atoms with E-state index >= 15 is 0 Å². The maximum Gasteiger partial charge on any atom is 0.216 e. The predicted octanol–water partition coefficient (Wildman–Crippen LogP) is 3.95. The van der Waals surface area contributed by atoms with Gasteiger partial charge in [-0.25, -0.2) is 17.1 Å². The number of sulfonamides is 1. The highest BCUT2D eigenvalue weighted by molar-refractivity contribution is 7.90. The van der Waals surface area contributed by atoms with Gasteiger partial charge in [-0.2, -0.15) is 0 Å². The Morgan fingerprint density at radius 1 is 1.04 bits per heavy atom. The summed E-state index contributed by atoms with van der Waals surface area (Å²) in [6.45, 7) is 4.54. The summed E-state index contributed by atoms with van der Waals surface area (Å²) >= 11 is 0. The quantitative estimate of drug-likeness (QED) is 0.759. The number of rotatable bonds is 5. The van der Waals surface area contributed by atoms with Crippen molar-refractivity contribution in [3.05, 3.63) is 35.6 Å². The third-order valence-electron chi connectivity index (χ3n) is 6.65. The molecule has 2 heterocycles. The van der Waals surface area contributed by atoms with Gasteiger partial charge < -0.3 is 0 Å². The number of piperidine rings is 2. The molecule has 1 aliphatic carbocycles. The smallest absolute Gasteiger partial charge is 0.216 e. The van der Waals surface area contributed by atoms with Crippen molar-refractivity contribution in [1.29, 1.82) is 0 Å². The Morgan fingerprint density at radius 2 is 1.78 bits per heavy atom. The molecule has 0 unspecified atom stereocenters. The second-order valence-electron chi connectivity index (χ2n) is 8.56. The minimum atomic E-state index is -3.09. The molecule has 27 heavy (non-hydrogen) atoms. The lowest BCUT2D eigenvalue weighted by Gasteiger charge is -2.45. The first-order valence-corrected chi connectivity index (χ1v) is 12.0. The number of halogens is 1. The first-order chi connectivity index (χ1) is 13.0. The van der Waals surface area contributed by atoms with E-state index in [2.05, 4.69) is 11.8 Å². The molecule has 4 rings (SSSR count). The summed E-state index contributed by atoms with van der Waals surface area (Å²) in [4.78, 5) is 2.55. The molecule has 3 aliphatic rings. The lowest BCUT2D eigenvalue weighted by Crippen LogP contribution is -2.47. The molecule has 1 aromatic carbocycles. The highest BCUT2D eigenvalue weighted by atomic mass is 32.2. The molecule has 150 valence electrons. The predicted molar refractivity (Wildman–Crippen MR) is 105 cm³/mol. The van der Waals surface area contributed by atoms with Gasteiger partial charge in [0.2, 0.25) is 10.0 Å². The highest BCUT2D eigenvalue weighted by Crippen LogP contribution is 2.41. The van der Waals surface area contributed by atoms with Crippen LogP contribution in [0.1, 0.15) is 63.5 Å². The Hall–Kier alpha value is -0.980. The molecular formula is C21H31FN2O2S. The van der Waals surface area contributed by atoms with Crippen molar-refractivity contribution in [2.75, 3.05) is 19.6 Å². The average Bonchev–Trinajstić information content (AvgIpc) is 3.50. The second kappa shape index (κ2) is 7.80. The fourth-order valence-electron chi connectivity index (χ4n) is 4.98. The summed E-state index contributed by atoms with van der Waals surface area (Å²) in [5.74, 6) is 0.189. The molecule has 0 aromatic heterocycles. The number of likely N-dealkylation sites (tertiary alicyclic amines) is 1. The fraction of sp³-hybridized carbons (Fsp3) is 0.714. The van der Waals surface area contributed by atoms with Crippen LogP contribution in [0.15, 0.2) is 24.3 Å². The van der Waals surface area contributed by atoms with Crippen molar-refractivity contribution in [3.8, 4) is 0 Å². The summed E-state index contributed by atoms with van der Waals surface area (Å²) in [6, 6.07) is 7.70. The van der Waals surface area contributed by atoms with Gasteiger partial charge in [-0.1, -0.05) is 18.6 Å². The first kappa shape index (κ1) is 19.3. The van der Waals surface area contributed by atoms with Crippen LogP contribution in [-0.4, -0.2) is 48.5 Å². The molecule has 0 N–H and O–H groups in total. The van der Waals surface area contributed by atoms with Gasteiger partial charge in [-0.3, -0.25) is 4.90 Å². The van der Waals surface area contributed by atoms with Crippen LogP contribution in [0.3, 0.4) is 0 Å². The second-order valence-corrected chi connectivity index (χ2v) is 10.8. The van der Waals surface area contributed by atoms with E-state index in [1.54, 1.807) is 16.4 Å². The van der Waals surface area contributed by atoms with Crippen molar-refractivity contribution in [2.24, 2.45) is 5.92 Å². The van der Waals surface area contributed by atoms with E-state index in [9.17, 15) is 12.8 Å². The van der Waals surface area contributed by atoms with Gasteiger partial charge in [0.15, 0.2) is 0 Å². The lowest BCUT2D eigenvalue weighted by molar-refractivity contribution is 0.0505. The molecule has 0 bridgehead atoms. The third-order valence-corrected chi connectivity index (χ3v) is 9.05. The molecule has 2 atom stereocenters. The highest BCUT2D eigenvalue weighted by Gasteiger charge is 2.43. The molecule has 0 spiro atoms. The van der Waals surface area contributed by atoms with E-state index in [1.165, 1.54) is 25.3 Å². The zero-order valence-electron chi connectivity index (χ0n) is 16.2. The minimum absolute atomic E-state index is 0.129. The monoisotopic (exact) mass is 394 g/mol. The van der Waals surface area contributed by atoms with E-state index in [-0.39, 0.29) is 17.1 Å². The van der Waals surface area contributed by atoms with Gasteiger partial charge in [-0.05, 0) is 75.6 Å². The minimum Gasteiger partial charge on any atom is -0.293 e. The standard InChI is InChI=1S/C21H31FN2O2S/c1-16-5-2-3-12-24(16)21(18-6-4-7-19(22)15-18)17-10-13-23(14-11-17)27(25,26)20-8-9-20/h4,6-7,15-17,20-21H,2-3,5,8-14H2,1H3/t16-,21+/m0/s1. The number of nitrogens with zero attached hydrogens (tertiary/aromatic N) is 2. The fourth-order valence-corrected chi connectivity index (χ4v) is 6.85. The molecule has 4 nitrogen and oxygen atoms in total. The number of hydrogen-bond acceptors (Lipinski definition) is 3. The van der Waals surface area contributed by atoms with Crippen LogP contribution >= 0.6 is 0 Å². The number of benzene rings is 1. The Bertz CT molecular complexity index is 757. The van der Waals surface area contributed by atoms with Crippen molar-refractivity contribution >= 4 is 10.0 Å². The van der Waals surface area contributed by atoms with Crippen LogP contribution in [0.2, 0.25) is 0 Å². The summed E-state index contributed by atoms with van der Waals surface area (Å²) in [6.07, 6.45) is 6.98. The third kappa shape index (κ3) is 4.08. The van der Waals surface area contributed by atoms with Crippen molar-refractivity contribution in [3.63, 3.8) is 0 Å². The molecule has 2 saturated heterocycles. The van der Waals surface area contributed by atoms with Crippen LogP contribution < -0.4 is 0 Å². The van der Waals surface area contributed by atoms with Crippen molar-refractivity contribution in [1.82, 2.24) is 9.21 Å². The van der Waals surface area contributed by atoms with Gasteiger partial charge >= 0.3 is 0 Å². The Morgan fingerprint density at radius 3 is 2.41 bits per heavy atom. The molecule has 3 fully saturated rings. The summed E-state index contributed by atoms with van der Waals surface area (Å²) in [7, 11) is -3.09. The van der Waals surface area contributed by atoms with Gasteiger partial charge in [0.25, 0.3) is 0 Å². The zero-order valence-corrected chi connectivity index (χ0v) is 17.0. The Kier molecular flexibility index (Phi) is 5.59. The number of hydrogen-bond donors (Lipinski definition) is 0. The molecule has 0 amide bonds. The summed E-state index contributed by atoms with van der Waals surface area (Å²) in [5.41, 5.74) is 1.05. The van der Waals surface area contributed by atoms with Crippen LogP contribution in [-0.2, 0) is 10.0 Å². The maximum absolute atomic E-state index is 14.0. The molecule has 1 saturated carbocycles. The van der Waals surface area contributed by atoms with Gasteiger partial charge in [0.05, 0.1) is 5.25 Å². The van der Waals surface area contributed by atoms with E-state index in [0.29, 0.717) is 25.0 Å². The van der Waals surface area contributed by atoms with Gasteiger partial charge in [0.1, 0.15) is 5.82 Å². The average molecular weight is 395 g/mol. The van der Waals surface area contributed by atoms with Crippen LogP contribution in [0.5, 0.6) is 0 Å². The van der Waals surface area contributed by atoms with E-state index < -0.39 is 10.0 Å². The summed E-state index contributed by atoms with van der Waals surface area (Å²) in [5, 5.41) is -0.129. The van der Waals surface area contributed by atoms with Gasteiger partial charge in [0, 0.05) is 25.2 Å². The lowest BCUT2D eigenvalue weighted by atomic mass is 9.83. The van der Waals surface area contributed by atoms with Crippen molar-refractivity contribution < 1.29 is 12.8 Å². The van der Waals surface area contributed by atoms with E-state index in [1.807, 2.05) is 6.07 Å². The molecule has 1 aromatic rings.